The van der Waals surface area contributed by atoms with Gasteiger partial charge in [0.1, 0.15) is 0 Å². The molecule has 0 saturated carbocycles. The quantitative estimate of drug-likeness (QED) is 0.770. The van der Waals surface area contributed by atoms with E-state index in [-0.39, 0.29) is 13.0 Å². The molecule has 1 aromatic rings. The molecule has 2 rings (SSSR count). The highest BCUT2D eigenvalue weighted by atomic mass is 16.5. The number of esters is 1. The number of methoxy groups -OCH3 is 2. The minimum Gasteiger partial charge on any atom is -0.493 e. The number of urea groups is 1. The minimum absolute atomic E-state index is 0.0236. The maximum Gasteiger partial charge on any atom is 0.324 e. The topological polar surface area (TPSA) is 94.2 Å². The van der Waals surface area contributed by atoms with Crippen LogP contribution in [0.25, 0.3) is 0 Å². The van der Waals surface area contributed by atoms with E-state index in [1.165, 1.54) is 21.1 Å². The van der Waals surface area contributed by atoms with Crippen molar-refractivity contribution in [2.75, 3.05) is 27.3 Å². The normalized spacial score (nSPS) is 14.8. The summed E-state index contributed by atoms with van der Waals surface area (Å²) in [5.74, 6) is -0.0489. The average Bonchev–Trinajstić information content (AvgIpc) is 2.99. The van der Waals surface area contributed by atoms with Gasteiger partial charge in [-0.15, -0.1) is 0 Å². The molecule has 24 heavy (non-hydrogen) atoms. The zero-order valence-corrected chi connectivity index (χ0v) is 13.8. The fraction of sp³-hybridized carbons (Fsp3) is 0.438. The molecule has 8 nitrogen and oxygen atoms in total. The molecular weight excluding hydrogens is 316 g/mol. The molecule has 1 N–H and O–H groups in total. The summed E-state index contributed by atoms with van der Waals surface area (Å²) in [6.45, 7) is 2.12. The SMILES string of the molecule is COc1ccc(CC(=O)OC(C)C(=O)N2CCNC2=O)cc1OC. The largest absolute Gasteiger partial charge is 0.493 e. The molecule has 1 aliphatic heterocycles. The summed E-state index contributed by atoms with van der Waals surface area (Å²) in [7, 11) is 3.02. The van der Waals surface area contributed by atoms with Crippen LogP contribution in [0.15, 0.2) is 18.2 Å². The second-order valence-corrected chi connectivity index (χ2v) is 5.22. The van der Waals surface area contributed by atoms with E-state index in [9.17, 15) is 14.4 Å². The van der Waals surface area contributed by atoms with E-state index in [0.717, 1.165) is 4.90 Å². The number of nitrogens with zero attached hydrogens (tertiary/aromatic N) is 1. The van der Waals surface area contributed by atoms with Crippen LogP contribution in [0.5, 0.6) is 11.5 Å². The van der Waals surface area contributed by atoms with Crippen molar-refractivity contribution in [1.29, 1.82) is 0 Å². The fourth-order valence-corrected chi connectivity index (χ4v) is 2.35. The first-order valence-corrected chi connectivity index (χ1v) is 7.46. The van der Waals surface area contributed by atoms with Gasteiger partial charge in [-0.1, -0.05) is 6.07 Å². The molecule has 1 saturated heterocycles. The first-order valence-electron chi connectivity index (χ1n) is 7.46. The molecular formula is C16H20N2O6. The highest BCUT2D eigenvalue weighted by Gasteiger charge is 2.31. The third-order valence-electron chi connectivity index (χ3n) is 3.58. The van der Waals surface area contributed by atoms with Crippen LogP contribution in [0.2, 0.25) is 0 Å². The second-order valence-electron chi connectivity index (χ2n) is 5.22. The molecule has 0 spiro atoms. The second kappa shape index (κ2) is 7.67. The third kappa shape index (κ3) is 3.95. The monoisotopic (exact) mass is 336 g/mol. The van der Waals surface area contributed by atoms with Crippen molar-refractivity contribution in [2.45, 2.75) is 19.4 Å². The number of ether oxygens (including phenoxy) is 3. The number of carbonyl (C=O) groups is 3. The van der Waals surface area contributed by atoms with Crippen molar-refractivity contribution in [2.24, 2.45) is 0 Å². The molecule has 1 fully saturated rings. The standard InChI is InChI=1S/C16H20N2O6/c1-10(15(20)18-7-6-17-16(18)21)24-14(19)9-11-4-5-12(22-2)13(8-11)23-3/h4-5,8,10H,6-7,9H2,1-3H3,(H,17,21). The average molecular weight is 336 g/mol. The molecule has 0 aliphatic carbocycles. The Bertz CT molecular complexity index is 645. The number of hydrogen-bond acceptors (Lipinski definition) is 6. The van der Waals surface area contributed by atoms with Crippen molar-refractivity contribution < 1.29 is 28.6 Å². The van der Waals surface area contributed by atoms with Crippen LogP contribution in [0.1, 0.15) is 12.5 Å². The molecule has 0 aromatic heterocycles. The smallest absolute Gasteiger partial charge is 0.324 e. The number of hydrogen-bond donors (Lipinski definition) is 1. The molecule has 1 aromatic carbocycles. The molecule has 1 aliphatic rings. The van der Waals surface area contributed by atoms with Gasteiger partial charge < -0.3 is 19.5 Å². The lowest BCUT2D eigenvalue weighted by Crippen LogP contribution is -2.42. The predicted molar refractivity (Wildman–Crippen MR) is 83.9 cm³/mol. The van der Waals surface area contributed by atoms with Crippen LogP contribution in [-0.2, 0) is 20.7 Å². The lowest BCUT2D eigenvalue weighted by molar-refractivity contribution is -0.156. The van der Waals surface area contributed by atoms with Crippen molar-refractivity contribution in [1.82, 2.24) is 10.2 Å². The van der Waals surface area contributed by atoms with E-state index in [2.05, 4.69) is 5.32 Å². The van der Waals surface area contributed by atoms with Gasteiger partial charge in [0, 0.05) is 13.1 Å². The Morgan fingerprint density at radius 2 is 1.96 bits per heavy atom. The molecule has 1 heterocycles. The highest BCUT2D eigenvalue weighted by Crippen LogP contribution is 2.27. The van der Waals surface area contributed by atoms with Gasteiger partial charge in [0.2, 0.25) is 0 Å². The van der Waals surface area contributed by atoms with E-state index in [1.54, 1.807) is 18.2 Å². The van der Waals surface area contributed by atoms with E-state index in [1.807, 2.05) is 0 Å². The Balaban J connectivity index is 1.95. The van der Waals surface area contributed by atoms with E-state index >= 15 is 0 Å². The number of rotatable bonds is 6. The van der Waals surface area contributed by atoms with Gasteiger partial charge in [0.15, 0.2) is 17.6 Å². The van der Waals surface area contributed by atoms with Gasteiger partial charge >= 0.3 is 12.0 Å². The van der Waals surface area contributed by atoms with E-state index in [4.69, 9.17) is 14.2 Å². The number of amides is 3. The minimum atomic E-state index is -1.03. The fourth-order valence-electron chi connectivity index (χ4n) is 2.35. The van der Waals surface area contributed by atoms with Crippen LogP contribution in [0.4, 0.5) is 4.79 Å². The molecule has 3 amide bonds. The third-order valence-corrected chi connectivity index (χ3v) is 3.58. The van der Waals surface area contributed by atoms with E-state index < -0.39 is 24.0 Å². The molecule has 1 unspecified atom stereocenters. The van der Waals surface area contributed by atoms with Crippen LogP contribution in [0, 0.1) is 0 Å². The van der Waals surface area contributed by atoms with Crippen LogP contribution < -0.4 is 14.8 Å². The van der Waals surface area contributed by atoms with Gasteiger partial charge in [-0.3, -0.25) is 14.5 Å². The number of nitrogens with one attached hydrogen (secondary N) is 1. The Hall–Kier alpha value is -2.77. The first kappa shape index (κ1) is 17.6. The Labute approximate surface area is 139 Å². The van der Waals surface area contributed by atoms with Crippen molar-refractivity contribution >= 4 is 17.9 Å². The summed E-state index contributed by atoms with van der Waals surface area (Å²) in [5, 5.41) is 2.52. The first-order chi connectivity index (χ1) is 11.5. The predicted octanol–water partition coefficient (Wildman–Crippen LogP) is 0.730. The maximum absolute atomic E-state index is 12.1. The van der Waals surface area contributed by atoms with Gasteiger partial charge in [0.25, 0.3) is 5.91 Å². The number of carbonyl (C=O) groups excluding carboxylic acids is 3. The zero-order valence-electron chi connectivity index (χ0n) is 13.8. The van der Waals surface area contributed by atoms with Gasteiger partial charge in [-0.05, 0) is 24.6 Å². The van der Waals surface area contributed by atoms with Gasteiger partial charge in [0.05, 0.1) is 20.6 Å². The van der Waals surface area contributed by atoms with Gasteiger partial charge in [-0.25, -0.2) is 4.79 Å². The van der Waals surface area contributed by atoms with Crippen LogP contribution in [0.3, 0.4) is 0 Å². The summed E-state index contributed by atoms with van der Waals surface area (Å²) in [4.78, 5) is 36.6. The van der Waals surface area contributed by atoms with Gasteiger partial charge in [-0.2, -0.15) is 0 Å². The molecule has 0 radical (unpaired) electrons. The summed E-state index contributed by atoms with van der Waals surface area (Å²) in [6.07, 6.45) is -1.05. The Morgan fingerprint density at radius 1 is 1.25 bits per heavy atom. The Morgan fingerprint density at radius 3 is 2.54 bits per heavy atom. The zero-order chi connectivity index (χ0) is 17.7. The summed E-state index contributed by atoms with van der Waals surface area (Å²) < 4.78 is 15.4. The van der Waals surface area contributed by atoms with Crippen LogP contribution in [-0.4, -0.2) is 56.2 Å². The summed E-state index contributed by atoms with van der Waals surface area (Å²) in [6, 6.07) is 4.59. The van der Waals surface area contributed by atoms with Crippen molar-refractivity contribution in [3.63, 3.8) is 0 Å². The van der Waals surface area contributed by atoms with Crippen molar-refractivity contribution in [3.8, 4) is 11.5 Å². The number of benzene rings is 1. The number of imide groups is 1. The highest BCUT2D eigenvalue weighted by molar-refractivity contribution is 5.98. The van der Waals surface area contributed by atoms with Crippen LogP contribution >= 0.6 is 0 Å². The van der Waals surface area contributed by atoms with E-state index in [0.29, 0.717) is 23.6 Å². The molecule has 130 valence electrons. The lowest BCUT2D eigenvalue weighted by Gasteiger charge is -2.18. The summed E-state index contributed by atoms with van der Waals surface area (Å²) in [5.41, 5.74) is 0.663. The molecule has 8 heteroatoms. The molecule has 0 bridgehead atoms. The lowest BCUT2D eigenvalue weighted by atomic mass is 10.1. The summed E-state index contributed by atoms with van der Waals surface area (Å²) >= 11 is 0. The molecule has 1 atom stereocenters. The maximum atomic E-state index is 12.1. The Kier molecular flexibility index (Phi) is 5.62. The van der Waals surface area contributed by atoms with Crippen molar-refractivity contribution in [3.05, 3.63) is 23.8 Å².